The number of rotatable bonds is 16. The third-order valence-electron chi connectivity index (χ3n) is 4.85. The van der Waals surface area contributed by atoms with Gasteiger partial charge in [0.05, 0.1) is 24.0 Å². The number of hydrogen-bond acceptors (Lipinski definition) is 4. The molecule has 27 heavy (non-hydrogen) atoms. The van der Waals surface area contributed by atoms with E-state index in [1.54, 1.807) is 6.92 Å². The number of hydrogen-bond donors (Lipinski definition) is 0. The van der Waals surface area contributed by atoms with Crippen LogP contribution in [0.15, 0.2) is 0 Å². The van der Waals surface area contributed by atoms with E-state index >= 15 is 0 Å². The van der Waals surface area contributed by atoms with Gasteiger partial charge in [-0.15, -0.1) is 0 Å². The van der Waals surface area contributed by atoms with Gasteiger partial charge >= 0.3 is 11.9 Å². The summed E-state index contributed by atoms with van der Waals surface area (Å²) < 4.78 is 10.7. The van der Waals surface area contributed by atoms with Crippen molar-refractivity contribution < 1.29 is 19.1 Å². The van der Waals surface area contributed by atoms with Gasteiger partial charge in [0.15, 0.2) is 0 Å². The molecule has 0 fully saturated rings. The monoisotopic (exact) mass is 384 g/mol. The molecule has 0 aromatic carbocycles. The summed E-state index contributed by atoms with van der Waals surface area (Å²) in [4.78, 5) is 24.7. The fourth-order valence-corrected chi connectivity index (χ4v) is 3.25. The first-order valence-electron chi connectivity index (χ1n) is 11.2. The second kappa shape index (κ2) is 15.9. The van der Waals surface area contributed by atoms with Gasteiger partial charge < -0.3 is 9.47 Å². The van der Waals surface area contributed by atoms with Crippen molar-refractivity contribution >= 4 is 11.9 Å². The highest BCUT2D eigenvalue weighted by Crippen LogP contribution is 2.24. The largest absolute Gasteiger partial charge is 0.463 e. The summed E-state index contributed by atoms with van der Waals surface area (Å²) in [5, 5.41) is 0. The van der Waals surface area contributed by atoms with Crippen molar-refractivity contribution in [3.05, 3.63) is 0 Å². The standard InChI is InChI=1S/C23H44O4/c1-7-8-9-10-11-12-13-14-15-16-17-21(23(25)27-19(4)5)20(6)22(24)26-18(2)3/h18-21H,7-17H2,1-6H3. The van der Waals surface area contributed by atoms with Crippen LogP contribution < -0.4 is 0 Å². The SMILES string of the molecule is CCCCCCCCCCCCC(C(=O)OC(C)C)C(C)C(=O)OC(C)C. The quantitative estimate of drug-likeness (QED) is 0.226. The van der Waals surface area contributed by atoms with Crippen molar-refractivity contribution in [3.63, 3.8) is 0 Å². The predicted molar refractivity (Wildman–Crippen MR) is 112 cm³/mol. The van der Waals surface area contributed by atoms with E-state index in [4.69, 9.17) is 9.47 Å². The van der Waals surface area contributed by atoms with Crippen molar-refractivity contribution in [2.75, 3.05) is 0 Å². The Balaban J connectivity index is 4.25. The molecular weight excluding hydrogens is 340 g/mol. The average molecular weight is 385 g/mol. The molecule has 0 bridgehead atoms. The van der Waals surface area contributed by atoms with Crippen LogP contribution in [0.2, 0.25) is 0 Å². The molecule has 0 saturated carbocycles. The molecule has 0 N–H and O–H groups in total. The summed E-state index contributed by atoms with van der Waals surface area (Å²) in [6, 6.07) is 0. The summed E-state index contributed by atoms with van der Waals surface area (Å²) in [5.41, 5.74) is 0. The van der Waals surface area contributed by atoms with Gasteiger partial charge in [-0.2, -0.15) is 0 Å². The van der Waals surface area contributed by atoms with Gasteiger partial charge in [0.25, 0.3) is 0 Å². The van der Waals surface area contributed by atoms with Crippen molar-refractivity contribution in [1.82, 2.24) is 0 Å². The van der Waals surface area contributed by atoms with Crippen LogP contribution in [0.5, 0.6) is 0 Å². The topological polar surface area (TPSA) is 52.6 Å². The summed E-state index contributed by atoms with van der Waals surface area (Å²) in [6.07, 6.45) is 12.9. The minimum atomic E-state index is -0.461. The van der Waals surface area contributed by atoms with Crippen molar-refractivity contribution in [2.45, 2.75) is 124 Å². The number of carbonyl (C=O) groups excluding carboxylic acids is 2. The van der Waals surface area contributed by atoms with E-state index in [0.717, 1.165) is 12.8 Å². The molecule has 0 amide bonds. The Kier molecular flexibility index (Phi) is 15.3. The maximum atomic E-state index is 12.4. The van der Waals surface area contributed by atoms with Crippen molar-refractivity contribution in [3.8, 4) is 0 Å². The number of ether oxygens (including phenoxy) is 2. The van der Waals surface area contributed by atoms with Crippen LogP contribution in [-0.4, -0.2) is 24.1 Å². The zero-order valence-corrected chi connectivity index (χ0v) is 18.7. The third-order valence-corrected chi connectivity index (χ3v) is 4.85. The lowest BCUT2D eigenvalue weighted by Crippen LogP contribution is -2.33. The van der Waals surface area contributed by atoms with E-state index in [0.29, 0.717) is 6.42 Å². The second-order valence-corrected chi connectivity index (χ2v) is 8.34. The minimum Gasteiger partial charge on any atom is -0.463 e. The van der Waals surface area contributed by atoms with Gasteiger partial charge in [-0.25, -0.2) is 0 Å². The Bertz CT molecular complexity index is 390. The first kappa shape index (κ1) is 25.9. The molecule has 0 aromatic heterocycles. The summed E-state index contributed by atoms with van der Waals surface area (Å²) in [6.45, 7) is 11.4. The lowest BCUT2D eigenvalue weighted by molar-refractivity contribution is -0.164. The van der Waals surface area contributed by atoms with Crippen molar-refractivity contribution in [2.24, 2.45) is 11.8 Å². The second-order valence-electron chi connectivity index (χ2n) is 8.34. The molecule has 2 atom stereocenters. The van der Waals surface area contributed by atoms with Gasteiger partial charge in [-0.1, -0.05) is 78.1 Å². The van der Waals surface area contributed by atoms with E-state index in [1.807, 2.05) is 27.7 Å². The lowest BCUT2D eigenvalue weighted by atomic mass is 9.88. The van der Waals surface area contributed by atoms with Gasteiger partial charge in [-0.05, 0) is 34.1 Å². The lowest BCUT2D eigenvalue weighted by Gasteiger charge is -2.23. The van der Waals surface area contributed by atoms with Gasteiger partial charge in [-0.3, -0.25) is 9.59 Å². The highest BCUT2D eigenvalue weighted by molar-refractivity contribution is 5.82. The highest BCUT2D eigenvalue weighted by atomic mass is 16.5. The molecule has 160 valence electrons. The smallest absolute Gasteiger partial charge is 0.310 e. The average Bonchev–Trinajstić information content (AvgIpc) is 2.58. The Labute approximate surface area is 167 Å². The Hall–Kier alpha value is -1.06. The Morgan fingerprint density at radius 3 is 1.48 bits per heavy atom. The molecular formula is C23H44O4. The van der Waals surface area contributed by atoms with Crippen molar-refractivity contribution in [1.29, 1.82) is 0 Å². The van der Waals surface area contributed by atoms with E-state index in [1.165, 1.54) is 51.4 Å². The van der Waals surface area contributed by atoms with Gasteiger partial charge in [0.1, 0.15) is 0 Å². The van der Waals surface area contributed by atoms with Gasteiger partial charge in [0, 0.05) is 0 Å². The molecule has 0 spiro atoms. The molecule has 0 saturated heterocycles. The van der Waals surface area contributed by atoms with Crippen LogP contribution in [-0.2, 0) is 19.1 Å². The molecule has 4 heteroatoms. The summed E-state index contributed by atoms with van der Waals surface area (Å²) >= 11 is 0. The maximum absolute atomic E-state index is 12.4. The van der Waals surface area contributed by atoms with Crippen LogP contribution in [0, 0.1) is 11.8 Å². The van der Waals surface area contributed by atoms with E-state index in [2.05, 4.69) is 6.92 Å². The summed E-state index contributed by atoms with van der Waals surface area (Å²) in [5.74, 6) is -1.44. The van der Waals surface area contributed by atoms with Gasteiger partial charge in [0.2, 0.25) is 0 Å². The molecule has 0 heterocycles. The minimum absolute atomic E-state index is 0.166. The first-order valence-corrected chi connectivity index (χ1v) is 11.2. The predicted octanol–water partition coefficient (Wildman–Crippen LogP) is 6.45. The fourth-order valence-electron chi connectivity index (χ4n) is 3.25. The van der Waals surface area contributed by atoms with Crippen LogP contribution in [0.1, 0.15) is 112 Å². The Morgan fingerprint density at radius 2 is 1.04 bits per heavy atom. The molecule has 0 aliphatic carbocycles. The van der Waals surface area contributed by atoms with Crippen LogP contribution in [0.3, 0.4) is 0 Å². The Morgan fingerprint density at radius 1 is 0.630 bits per heavy atom. The van der Waals surface area contributed by atoms with E-state index < -0.39 is 11.8 Å². The zero-order valence-electron chi connectivity index (χ0n) is 18.7. The molecule has 0 aliphatic heterocycles. The number of esters is 2. The van der Waals surface area contributed by atoms with Crippen LogP contribution in [0.4, 0.5) is 0 Å². The highest BCUT2D eigenvalue weighted by Gasteiger charge is 2.32. The normalized spacial score (nSPS) is 13.6. The number of unbranched alkanes of at least 4 members (excludes halogenated alkanes) is 9. The maximum Gasteiger partial charge on any atom is 0.310 e. The fraction of sp³-hybridized carbons (Fsp3) is 0.913. The van der Waals surface area contributed by atoms with Crippen LogP contribution in [0.25, 0.3) is 0 Å². The molecule has 2 unspecified atom stereocenters. The van der Waals surface area contributed by atoms with Crippen LogP contribution >= 0.6 is 0 Å². The third kappa shape index (κ3) is 13.7. The number of carbonyl (C=O) groups is 2. The summed E-state index contributed by atoms with van der Waals surface area (Å²) in [7, 11) is 0. The molecule has 0 aliphatic rings. The molecule has 0 radical (unpaired) electrons. The first-order chi connectivity index (χ1) is 12.8. The molecule has 0 aromatic rings. The van der Waals surface area contributed by atoms with E-state index in [-0.39, 0.29) is 24.1 Å². The van der Waals surface area contributed by atoms with E-state index in [9.17, 15) is 9.59 Å². The molecule has 4 nitrogen and oxygen atoms in total. The zero-order chi connectivity index (χ0) is 20.7. The molecule has 0 rings (SSSR count).